The van der Waals surface area contributed by atoms with E-state index in [9.17, 15) is 0 Å². The molecule has 108 valence electrons. The van der Waals surface area contributed by atoms with Gasteiger partial charge < -0.3 is 10.6 Å². The summed E-state index contributed by atoms with van der Waals surface area (Å²) in [6, 6.07) is 6.51. The zero-order valence-corrected chi connectivity index (χ0v) is 13.3. The van der Waals surface area contributed by atoms with Gasteiger partial charge >= 0.3 is 0 Å². The molecule has 5 heteroatoms. The predicted molar refractivity (Wildman–Crippen MR) is 86.5 cm³/mol. The molecular formula is C15H22N4S. The highest BCUT2D eigenvalue weighted by molar-refractivity contribution is 7.10. The number of hydrogen-bond acceptors (Lipinski definition) is 5. The Morgan fingerprint density at radius 3 is 2.60 bits per heavy atom. The molecule has 0 radical (unpaired) electrons. The highest BCUT2D eigenvalue weighted by atomic mass is 32.1. The zero-order valence-electron chi connectivity index (χ0n) is 12.5. The number of aromatic nitrogens is 2. The Kier molecular flexibility index (Phi) is 4.95. The Morgan fingerprint density at radius 1 is 1.25 bits per heavy atom. The minimum atomic E-state index is 0.277. The number of hydrogen-bond donors (Lipinski definition) is 2. The van der Waals surface area contributed by atoms with Crippen LogP contribution in [0.5, 0.6) is 0 Å². The summed E-state index contributed by atoms with van der Waals surface area (Å²) in [6.45, 7) is 9.27. The summed E-state index contributed by atoms with van der Waals surface area (Å²) in [6.07, 6.45) is 0. The lowest BCUT2D eigenvalue weighted by Gasteiger charge is -2.22. The molecule has 0 aromatic carbocycles. The molecule has 0 amide bonds. The van der Waals surface area contributed by atoms with Crippen LogP contribution >= 0.6 is 11.3 Å². The van der Waals surface area contributed by atoms with Crippen molar-refractivity contribution in [2.45, 2.75) is 33.7 Å². The van der Waals surface area contributed by atoms with Gasteiger partial charge in [0.1, 0.15) is 17.5 Å². The molecule has 2 heterocycles. The molecule has 2 aromatic rings. The molecule has 2 aromatic heterocycles. The number of thiophene rings is 1. The first-order chi connectivity index (χ1) is 9.60. The van der Waals surface area contributed by atoms with Gasteiger partial charge in [-0.1, -0.05) is 19.9 Å². The largest absolute Gasteiger partial charge is 0.370 e. The Labute approximate surface area is 124 Å². The van der Waals surface area contributed by atoms with E-state index in [1.165, 1.54) is 4.88 Å². The van der Waals surface area contributed by atoms with Crippen LogP contribution in [0.1, 0.15) is 37.5 Å². The van der Waals surface area contributed by atoms with Crippen molar-refractivity contribution in [3.63, 3.8) is 0 Å². The summed E-state index contributed by atoms with van der Waals surface area (Å²) in [5, 5.41) is 8.89. The van der Waals surface area contributed by atoms with Crippen molar-refractivity contribution < 1.29 is 0 Å². The molecule has 0 spiro atoms. The van der Waals surface area contributed by atoms with Gasteiger partial charge in [0.25, 0.3) is 0 Å². The smallest absolute Gasteiger partial charge is 0.132 e. The molecular weight excluding hydrogens is 268 g/mol. The number of nitrogens with one attached hydrogen (secondary N) is 2. The lowest BCUT2D eigenvalue weighted by Crippen LogP contribution is -2.17. The summed E-state index contributed by atoms with van der Waals surface area (Å²) in [4.78, 5) is 10.2. The maximum Gasteiger partial charge on any atom is 0.132 e. The van der Waals surface area contributed by atoms with Crippen molar-refractivity contribution in [1.29, 1.82) is 0 Å². The fraction of sp³-hybridized carbons (Fsp3) is 0.467. The number of nitrogens with zero attached hydrogens (tertiary/aromatic N) is 2. The van der Waals surface area contributed by atoms with Gasteiger partial charge in [0.15, 0.2) is 0 Å². The molecule has 2 N–H and O–H groups in total. The Morgan fingerprint density at radius 2 is 2.00 bits per heavy atom. The van der Waals surface area contributed by atoms with Gasteiger partial charge in [-0.3, -0.25) is 0 Å². The van der Waals surface area contributed by atoms with E-state index in [1.54, 1.807) is 11.3 Å². The van der Waals surface area contributed by atoms with Crippen LogP contribution in [0.25, 0.3) is 0 Å². The average molecular weight is 290 g/mol. The fourth-order valence-corrected chi connectivity index (χ4v) is 3.06. The Hall–Kier alpha value is -1.62. The SMILES string of the molecule is CCNc1cc(NC(c2cccs2)C(C)C)nc(C)n1. The minimum Gasteiger partial charge on any atom is -0.370 e. The standard InChI is InChI=1S/C15H22N4S/c1-5-16-13-9-14(18-11(4)17-13)19-15(10(2)3)12-7-6-8-20-12/h6-10,15H,5H2,1-4H3,(H2,16,17,18,19). The first kappa shape index (κ1) is 14.8. The second-order valence-electron chi connectivity index (χ2n) is 5.10. The van der Waals surface area contributed by atoms with Crippen molar-refractivity contribution >= 4 is 23.0 Å². The zero-order chi connectivity index (χ0) is 14.5. The highest BCUT2D eigenvalue weighted by Gasteiger charge is 2.17. The maximum absolute atomic E-state index is 4.49. The molecule has 2 rings (SSSR count). The van der Waals surface area contributed by atoms with E-state index in [2.05, 4.69) is 58.9 Å². The van der Waals surface area contributed by atoms with E-state index in [1.807, 2.05) is 13.0 Å². The molecule has 0 saturated carbocycles. The van der Waals surface area contributed by atoms with Crippen LogP contribution in [0.2, 0.25) is 0 Å². The molecule has 0 aliphatic rings. The first-order valence-electron chi connectivity index (χ1n) is 6.99. The summed E-state index contributed by atoms with van der Waals surface area (Å²) in [7, 11) is 0. The van der Waals surface area contributed by atoms with Gasteiger partial charge in [0, 0.05) is 17.5 Å². The number of aryl methyl sites for hydroxylation is 1. The molecule has 0 saturated heterocycles. The average Bonchev–Trinajstić information content (AvgIpc) is 2.89. The Balaban J connectivity index is 2.22. The summed E-state index contributed by atoms with van der Waals surface area (Å²) >= 11 is 1.78. The lowest BCUT2D eigenvalue weighted by molar-refractivity contribution is 0.552. The van der Waals surface area contributed by atoms with Crippen molar-refractivity contribution in [3.05, 3.63) is 34.3 Å². The third-order valence-corrected chi connectivity index (χ3v) is 3.97. The topological polar surface area (TPSA) is 49.8 Å². The molecule has 0 bridgehead atoms. The highest BCUT2D eigenvalue weighted by Crippen LogP contribution is 2.29. The third kappa shape index (κ3) is 3.70. The minimum absolute atomic E-state index is 0.277. The van der Waals surface area contributed by atoms with Crippen LogP contribution < -0.4 is 10.6 Å². The Bertz CT molecular complexity index is 537. The van der Waals surface area contributed by atoms with E-state index in [4.69, 9.17) is 0 Å². The molecule has 1 unspecified atom stereocenters. The second kappa shape index (κ2) is 6.70. The van der Waals surface area contributed by atoms with Crippen molar-refractivity contribution in [2.24, 2.45) is 5.92 Å². The van der Waals surface area contributed by atoms with Crippen LogP contribution in [0.15, 0.2) is 23.6 Å². The van der Waals surface area contributed by atoms with Crippen LogP contribution in [-0.4, -0.2) is 16.5 Å². The molecule has 0 fully saturated rings. The molecule has 0 aliphatic heterocycles. The normalized spacial score (nSPS) is 12.4. The van der Waals surface area contributed by atoms with Gasteiger partial charge in [-0.05, 0) is 31.2 Å². The lowest BCUT2D eigenvalue weighted by atomic mass is 10.0. The summed E-state index contributed by atoms with van der Waals surface area (Å²) in [5.41, 5.74) is 0. The predicted octanol–water partition coefficient (Wildman–Crippen LogP) is 4.09. The maximum atomic E-state index is 4.49. The number of rotatable bonds is 6. The van der Waals surface area contributed by atoms with Crippen LogP contribution in [0.3, 0.4) is 0 Å². The van der Waals surface area contributed by atoms with Crippen molar-refractivity contribution in [2.75, 3.05) is 17.2 Å². The third-order valence-electron chi connectivity index (χ3n) is 3.02. The van der Waals surface area contributed by atoms with E-state index in [0.717, 1.165) is 24.0 Å². The second-order valence-corrected chi connectivity index (χ2v) is 6.08. The number of anilines is 2. The van der Waals surface area contributed by atoms with Gasteiger partial charge in [0.2, 0.25) is 0 Å². The van der Waals surface area contributed by atoms with Crippen LogP contribution in [-0.2, 0) is 0 Å². The molecule has 20 heavy (non-hydrogen) atoms. The molecule has 4 nitrogen and oxygen atoms in total. The van der Waals surface area contributed by atoms with Gasteiger partial charge in [-0.2, -0.15) is 0 Å². The van der Waals surface area contributed by atoms with Crippen molar-refractivity contribution in [1.82, 2.24) is 9.97 Å². The monoisotopic (exact) mass is 290 g/mol. The summed E-state index contributed by atoms with van der Waals surface area (Å²) < 4.78 is 0. The summed E-state index contributed by atoms with van der Waals surface area (Å²) in [5.74, 6) is 3.02. The van der Waals surface area contributed by atoms with Crippen LogP contribution in [0.4, 0.5) is 11.6 Å². The van der Waals surface area contributed by atoms with Crippen LogP contribution in [0, 0.1) is 12.8 Å². The first-order valence-corrected chi connectivity index (χ1v) is 7.87. The van der Waals surface area contributed by atoms with E-state index in [-0.39, 0.29) is 6.04 Å². The molecule has 0 aliphatic carbocycles. The fourth-order valence-electron chi connectivity index (χ4n) is 2.11. The van der Waals surface area contributed by atoms with Crippen molar-refractivity contribution in [3.8, 4) is 0 Å². The van der Waals surface area contributed by atoms with E-state index in [0.29, 0.717) is 5.92 Å². The van der Waals surface area contributed by atoms with E-state index >= 15 is 0 Å². The van der Waals surface area contributed by atoms with Gasteiger partial charge in [0.05, 0.1) is 6.04 Å². The van der Waals surface area contributed by atoms with Gasteiger partial charge in [-0.15, -0.1) is 11.3 Å². The molecule has 1 atom stereocenters. The quantitative estimate of drug-likeness (QED) is 0.841. The van der Waals surface area contributed by atoms with Gasteiger partial charge in [-0.25, -0.2) is 9.97 Å². The van der Waals surface area contributed by atoms with E-state index < -0.39 is 0 Å².